The molecule has 0 spiro atoms. The van der Waals surface area contributed by atoms with Gasteiger partial charge in [0.2, 0.25) is 5.91 Å². The fourth-order valence-electron chi connectivity index (χ4n) is 2.23. The maximum atomic E-state index is 11.7. The molecule has 16 heavy (non-hydrogen) atoms. The normalized spacial score (nSPS) is 17.1. The monoisotopic (exact) mass is 217 g/mol. The number of nitrogens with zero attached hydrogens (tertiary/aromatic N) is 2. The molecule has 1 amide bonds. The zero-order valence-corrected chi connectivity index (χ0v) is 9.60. The average Bonchev–Trinajstić information content (AvgIpc) is 2.31. The number of piperidine rings is 1. The lowest BCUT2D eigenvalue weighted by atomic mass is 10.0. The second-order valence-corrected chi connectivity index (χ2v) is 4.13. The first-order valence-corrected chi connectivity index (χ1v) is 5.77. The molecule has 0 saturated carbocycles. The topological polar surface area (TPSA) is 34.4 Å². The Morgan fingerprint density at radius 2 is 1.88 bits per heavy atom. The molecule has 1 radical (unpaired) electrons. The van der Waals surface area contributed by atoms with Crippen LogP contribution in [0.2, 0.25) is 0 Å². The molecular weight excluding hydrogens is 200 g/mol. The Labute approximate surface area is 96.5 Å². The molecule has 1 aromatic carbocycles. The van der Waals surface area contributed by atoms with Gasteiger partial charge in [0.15, 0.2) is 0 Å². The van der Waals surface area contributed by atoms with Crippen LogP contribution in [0.3, 0.4) is 0 Å². The standard InChI is InChI=1S/C13H17N2O/c1-11(16)15(12-5-3-2-4-6-12)13-7-9-14-10-8-13/h2-6,13H,7-10H2,1H3. The largest absolute Gasteiger partial charge is 0.310 e. The van der Waals surface area contributed by atoms with Gasteiger partial charge in [-0.15, -0.1) is 0 Å². The van der Waals surface area contributed by atoms with Crippen molar-refractivity contribution >= 4 is 11.6 Å². The van der Waals surface area contributed by atoms with Crippen LogP contribution in [0.1, 0.15) is 19.8 Å². The fraction of sp³-hybridized carbons (Fsp3) is 0.462. The summed E-state index contributed by atoms with van der Waals surface area (Å²) in [6.07, 6.45) is 1.96. The van der Waals surface area contributed by atoms with Crippen molar-refractivity contribution < 1.29 is 4.79 Å². The van der Waals surface area contributed by atoms with Gasteiger partial charge in [0.1, 0.15) is 0 Å². The summed E-state index contributed by atoms with van der Waals surface area (Å²) in [6.45, 7) is 3.39. The SMILES string of the molecule is CC(=O)N(c1ccccc1)C1CC[N]CC1. The van der Waals surface area contributed by atoms with Crippen molar-refractivity contribution in [2.75, 3.05) is 18.0 Å². The second-order valence-electron chi connectivity index (χ2n) is 4.13. The summed E-state index contributed by atoms with van der Waals surface area (Å²) in [5.41, 5.74) is 1.00. The van der Waals surface area contributed by atoms with Crippen molar-refractivity contribution in [3.63, 3.8) is 0 Å². The van der Waals surface area contributed by atoms with Gasteiger partial charge in [0.25, 0.3) is 0 Å². The summed E-state index contributed by atoms with van der Waals surface area (Å²) in [4.78, 5) is 13.7. The van der Waals surface area contributed by atoms with Gasteiger partial charge in [-0.05, 0) is 25.0 Å². The molecule has 0 bridgehead atoms. The zero-order valence-electron chi connectivity index (χ0n) is 9.60. The highest BCUT2D eigenvalue weighted by molar-refractivity contribution is 5.92. The van der Waals surface area contributed by atoms with E-state index in [9.17, 15) is 4.79 Å². The number of benzene rings is 1. The summed E-state index contributed by atoms with van der Waals surface area (Å²) < 4.78 is 0. The number of para-hydroxylation sites is 1. The minimum atomic E-state index is 0.123. The molecule has 0 aromatic heterocycles. The number of amides is 1. The summed E-state index contributed by atoms with van der Waals surface area (Å²) in [7, 11) is 0. The van der Waals surface area contributed by atoms with Crippen molar-refractivity contribution in [1.82, 2.24) is 5.32 Å². The fourth-order valence-corrected chi connectivity index (χ4v) is 2.23. The number of hydrogen-bond donors (Lipinski definition) is 0. The Hall–Kier alpha value is -1.35. The Morgan fingerprint density at radius 1 is 1.25 bits per heavy atom. The van der Waals surface area contributed by atoms with Crippen LogP contribution in [0, 0.1) is 0 Å². The van der Waals surface area contributed by atoms with Crippen LogP contribution in [0.25, 0.3) is 0 Å². The third-order valence-electron chi connectivity index (χ3n) is 2.98. The minimum absolute atomic E-state index is 0.123. The molecule has 2 rings (SSSR count). The Bertz CT molecular complexity index is 344. The van der Waals surface area contributed by atoms with Gasteiger partial charge in [-0.2, -0.15) is 0 Å². The Kier molecular flexibility index (Phi) is 3.57. The first-order chi connectivity index (χ1) is 7.79. The third-order valence-corrected chi connectivity index (χ3v) is 2.98. The number of rotatable bonds is 2. The van der Waals surface area contributed by atoms with Crippen LogP contribution in [-0.2, 0) is 4.79 Å². The van der Waals surface area contributed by atoms with E-state index in [1.165, 1.54) is 0 Å². The zero-order chi connectivity index (χ0) is 11.4. The molecule has 3 nitrogen and oxygen atoms in total. The molecule has 3 heteroatoms. The van der Waals surface area contributed by atoms with E-state index in [0.717, 1.165) is 31.6 Å². The summed E-state index contributed by atoms with van der Waals surface area (Å²) in [5.74, 6) is 0.123. The van der Waals surface area contributed by atoms with E-state index in [-0.39, 0.29) is 5.91 Å². The van der Waals surface area contributed by atoms with E-state index >= 15 is 0 Å². The smallest absolute Gasteiger partial charge is 0.224 e. The van der Waals surface area contributed by atoms with Crippen LogP contribution in [0.5, 0.6) is 0 Å². The van der Waals surface area contributed by atoms with Crippen molar-refractivity contribution in [2.24, 2.45) is 0 Å². The van der Waals surface area contributed by atoms with Crippen molar-refractivity contribution in [3.8, 4) is 0 Å². The lowest BCUT2D eigenvalue weighted by Gasteiger charge is -2.33. The highest BCUT2D eigenvalue weighted by Gasteiger charge is 2.24. The van der Waals surface area contributed by atoms with Gasteiger partial charge in [-0.1, -0.05) is 18.2 Å². The molecule has 1 aliphatic rings. The quantitative estimate of drug-likeness (QED) is 0.744. The predicted octanol–water partition coefficient (Wildman–Crippen LogP) is 1.81. The van der Waals surface area contributed by atoms with Crippen LogP contribution in [0.15, 0.2) is 30.3 Å². The Balaban J connectivity index is 2.20. The predicted molar refractivity (Wildman–Crippen MR) is 64.5 cm³/mol. The molecule has 0 N–H and O–H groups in total. The maximum Gasteiger partial charge on any atom is 0.224 e. The third kappa shape index (κ3) is 2.42. The molecule has 1 heterocycles. The van der Waals surface area contributed by atoms with E-state index in [2.05, 4.69) is 5.32 Å². The lowest BCUT2D eigenvalue weighted by molar-refractivity contribution is -0.117. The summed E-state index contributed by atoms with van der Waals surface area (Å²) in [5, 5.41) is 4.32. The van der Waals surface area contributed by atoms with Crippen LogP contribution in [0.4, 0.5) is 5.69 Å². The lowest BCUT2D eigenvalue weighted by Crippen LogP contribution is -2.44. The highest BCUT2D eigenvalue weighted by Crippen LogP contribution is 2.21. The molecule has 1 saturated heterocycles. The van der Waals surface area contributed by atoms with Crippen LogP contribution in [-0.4, -0.2) is 25.0 Å². The molecule has 0 aliphatic carbocycles. The molecule has 1 aliphatic heterocycles. The van der Waals surface area contributed by atoms with E-state index in [0.29, 0.717) is 6.04 Å². The first-order valence-electron chi connectivity index (χ1n) is 5.77. The number of hydrogen-bond acceptors (Lipinski definition) is 1. The molecule has 1 aromatic rings. The van der Waals surface area contributed by atoms with E-state index in [4.69, 9.17) is 0 Å². The second kappa shape index (κ2) is 5.12. The molecule has 0 unspecified atom stereocenters. The highest BCUT2D eigenvalue weighted by atomic mass is 16.2. The molecule has 85 valence electrons. The van der Waals surface area contributed by atoms with Gasteiger partial charge in [-0.3, -0.25) is 4.79 Å². The number of carbonyl (C=O) groups excluding carboxylic acids is 1. The molecule has 1 fully saturated rings. The minimum Gasteiger partial charge on any atom is -0.310 e. The van der Waals surface area contributed by atoms with Crippen molar-refractivity contribution in [1.29, 1.82) is 0 Å². The van der Waals surface area contributed by atoms with E-state index < -0.39 is 0 Å². The van der Waals surface area contributed by atoms with Crippen molar-refractivity contribution in [3.05, 3.63) is 30.3 Å². The number of anilines is 1. The van der Waals surface area contributed by atoms with E-state index in [1.54, 1.807) is 6.92 Å². The average molecular weight is 217 g/mol. The van der Waals surface area contributed by atoms with E-state index in [1.807, 2.05) is 35.2 Å². The summed E-state index contributed by atoms with van der Waals surface area (Å²) >= 11 is 0. The van der Waals surface area contributed by atoms with Crippen LogP contribution >= 0.6 is 0 Å². The van der Waals surface area contributed by atoms with Crippen LogP contribution < -0.4 is 10.2 Å². The molecule has 0 atom stereocenters. The maximum absolute atomic E-state index is 11.7. The Morgan fingerprint density at radius 3 is 2.44 bits per heavy atom. The first kappa shape index (κ1) is 11.1. The van der Waals surface area contributed by atoms with Gasteiger partial charge < -0.3 is 4.90 Å². The van der Waals surface area contributed by atoms with Crippen molar-refractivity contribution in [2.45, 2.75) is 25.8 Å². The van der Waals surface area contributed by atoms with Gasteiger partial charge >= 0.3 is 0 Å². The number of carbonyl (C=O) groups is 1. The molecular formula is C13H17N2O. The van der Waals surface area contributed by atoms with Gasteiger partial charge in [0, 0.05) is 31.7 Å². The van der Waals surface area contributed by atoms with Gasteiger partial charge in [0.05, 0.1) is 0 Å². The van der Waals surface area contributed by atoms with Gasteiger partial charge in [-0.25, -0.2) is 5.32 Å². The summed E-state index contributed by atoms with van der Waals surface area (Å²) in [6, 6.07) is 10.2.